The zero-order valence-electron chi connectivity index (χ0n) is 13.5. The van der Waals surface area contributed by atoms with Crippen LogP contribution < -0.4 is 5.32 Å². The average molecular weight is 274 g/mol. The molecular formula is C18H30N2. The maximum atomic E-state index is 3.64. The highest BCUT2D eigenvalue weighted by Crippen LogP contribution is 2.35. The van der Waals surface area contributed by atoms with Gasteiger partial charge in [-0.05, 0) is 56.8 Å². The van der Waals surface area contributed by atoms with Crippen LogP contribution in [0.3, 0.4) is 0 Å². The SMILES string of the molecule is CCNC(CN(C)C(C)C1CC1)c1ccc(CC)cc1. The molecule has 2 unspecified atom stereocenters. The van der Waals surface area contributed by atoms with E-state index in [2.05, 4.69) is 62.3 Å². The van der Waals surface area contributed by atoms with Gasteiger partial charge in [-0.2, -0.15) is 0 Å². The van der Waals surface area contributed by atoms with Crippen LogP contribution in [0.5, 0.6) is 0 Å². The Bertz CT molecular complexity index is 394. The maximum absolute atomic E-state index is 3.64. The lowest BCUT2D eigenvalue weighted by molar-refractivity contribution is 0.210. The Kier molecular flexibility index (Phi) is 5.62. The number of benzene rings is 1. The third kappa shape index (κ3) is 4.07. The Morgan fingerprint density at radius 3 is 2.35 bits per heavy atom. The lowest BCUT2D eigenvalue weighted by Gasteiger charge is -2.30. The molecule has 1 aliphatic rings. The minimum absolute atomic E-state index is 0.442. The van der Waals surface area contributed by atoms with E-state index in [9.17, 15) is 0 Å². The molecule has 20 heavy (non-hydrogen) atoms. The van der Waals surface area contributed by atoms with Crippen molar-refractivity contribution in [2.24, 2.45) is 5.92 Å². The van der Waals surface area contributed by atoms with Gasteiger partial charge >= 0.3 is 0 Å². The van der Waals surface area contributed by atoms with Crippen LogP contribution in [0.1, 0.15) is 50.8 Å². The van der Waals surface area contributed by atoms with E-state index >= 15 is 0 Å². The highest BCUT2D eigenvalue weighted by molar-refractivity contribution is 5.25. The van der Waals surface area contributed by atoms with Crippen LogP contribution in [0.25, 0.3) is 0 Å². The van der Waals surface area contributed by atoms with Gasteiger partial charge in [-0.3, -0.25) is 0 Å². The summed E-state index contributed by atoms with van der Waals surface area (Å²) < 4.78 is 0. The summed E-state index contributed by atoms with van der Waals surface area (Å²) in [5.41, 5.74) is 2.84. The van der Waals surface area contributed by atoms with E-state index in [0.29, 0.717) is 12.1 Å². The first-order chi connectivity index (χ1) is 9.65. The molecular weight excluding hydrogens is 244 g/mol. The fraction of sp³-hybridized carbons (Fsp3) is 0.667. The monoisotopic (exact) mass is 274 g/mol. The van der Waals surface area contributed by atoms with E-state index in [4.69, 9.17) is 0 Å². The Balaban J connectivity index is 2.00. The number of nitrogens with one attached hydrogen (secondary N) is 1. The molecule has 0 amide bonds. The Labute approximate surface area is 124 Å². The maximum Gasteiger partial charge on any atom is 0.0449 e. The zero-order chi connectivity index (χ0) is 14.5. The first kappa shape index (κ1) is 15.5. The standard InChI is InChI=1S/C18H30N2/c1-5-15-7-9-17(10-8-15)18(19-6-2)13-20(4)14(3)16-11-12-16/h7-10,14,16,18-19H,5-6,11-13H2,1-4H3. The lowest BCUT2D eigenvalue weighted by atomic mass is 10.0. The van der Waals surface area contributed by atoms with Crippen LogP contribution in [0.15, 0.2) is 24.3 Å². The normalized spacial score (nSPS) is 18.2. The fourth-order valence-electron chi connectivity index (χ4n) is 2.91. The van der Waals surface area contributed by atoms with Crippen molar-refractivity contribution < 1.29 is 0 Å². The van der Waals surface area contributed by atoms with Gasteiger partial charge < -0.3 is 10.2 Å². The van der Waals surface area contributed by atoms with Crippen LogP contribution in [0.4, 0.5) is 0 Å². The summed E-state index contributed by atoms with van der Waals surface area (Å²) in [5.74, 6) is 0.935. The van der Waals surface area contributed by atoms with Gasteiger partial charge in [-0.25, -0.2) is 0 Å². The molecule has 1 N–H and O–H groups in total. The van der Waals surface area contributed by atoms with Crippen LogP contribution >= 0.6 is 0 Å². The van der Waals surface area contributed by atoms with Crippen molar-refractivity contribution in [2.75, 3.05) is 20.1 Å². The van der Waals surface area contributed by atoms with E-state index < -0.39 is 0 Å². The smallest absolute Gasteiger partial charge is 0.0449 e. The molecule has 1 aliphatic carbocycles. The predicted molar refractivity (Wildman–Crippen MR) is 87.1 cm³/mol. The summed E-state index contributed by atoms with van der Waals surface area (Å²) in [5, 5.41) is 3.64. The van der Waals surface area contributed by atoms with Crippen LogP contribution in [-0.4, -0.2) is 31.1 Å². The minimum atomic E-state index is 0.442. The zero-order valence-corrected chi connectivity index (χ0v) is 13.5. The van der Waals surface area contributed by atoms with Gasteiger partial charge in [-0.15, -0.1) is 0 Å². The van der Waals surface area contributed by atoms with Crippen LogP contribution in [-0.2, 0) is 6.42 Å². The highest BCUT2D eigenvalue weighted by atomic mass is 15.2. The fourth-order valence-corrected chi connectivity index (χ4v) is 2.91. The number of rotatable bonds is 8. The topological polar surface area (TPSA) is 15.3 Å². The summed E-state index contributed by atoms with van der Waals surface area (Å²) in [4.78, 5) is 2.53. The Morgan fingerprint density at radius 1 is 1.20 bits per heavy atom. The van der Waals surface area contributed by atoms with Crippen molar-refractivity contribution in [1.82, 2.24) is 10.2 Å². The molecule has 0 aliphatic heterocycles. The second-order valence-electron chi connectivity index (χ2n) is 6.22. The molecule has 0 saturated heterocycles. The van der Waals surface area contributed by atoms with Gasteiger partial charge in [0, 0.05) is 18.6 Å². The van der Waals surface area contributed by atoms with Crippen molar-refractivity contribution in [2.45, 2.75) is 52.1 Å². The Morgan fingerprint density at radius 2 is 1.85 bits per heavy atom. The summed E-state index contributed by atoms with van der Waals surface area (Å²) in [7, 11) is 2.27. The summed E-state index contributed by atoms with van der Waals surface area (Å²) in [6.07, 6.45) is 3.95. The lowest BCUT2D eigenvalue weighted by Crippen LogP contribution is -2.38. The number of likely N-dealkylation sites (N-methyl/N-ethyl adjacent to an activating group) is 2. The van der Waals surface area contributed by atoms with Gasteiger partial charge in [0.2, 0.25) is 0 Å². The van der Waals surface area contributed by atoms with Crippen molar-refractivity contribution in [3.8, 4) is 0 Å². The number of nitrogens with zero attached hydrogens (tertiary/aromatic N) is 1. The van der Waals surface area contributed by atoms with Gasteiger partial charge in [-0.1, -0.05) is 38.1 Å². The van der Waals surface area contributed by atoms with E-state index in [1.807, 2.05) is 0 Å². The molecule has 2 rings (SSSR count). The summed E-state index contributed by atoms with van der Waals surface area (Å²) in [6.45, 7) is 8.89. The molecule has 1 saturated carbocycles. The van der Waals surface area contributed by atoms with Gasteiger partial charge in [0.05, 0.1) is 0 Å². The molecule has 0 bridgehead atoms. The molecule has 0 radical (unpaired) electrons. The largest absolute Gasteiger partial charge is 0.309 e. The molecule has 1 aromatic carbocycles. The van der Waals surface area contributed by atoms with Gasteiger partial charge in [0.1, 0.15) is 0 Å². The highest BCUT2D eigenvalue weighted by Gasteiger charge is 2.31. The van der Waals surface area contributed by atoms with E-state index in [1.165, 1.54) is 24.0 Å². The van der Waals surface area contributed by atoms with E-state index in [1.54, 1.807) is 0 Å². The van der Waals surface area contributed by atoms with Crippen molar-refractivity contribution >= 4 is 0 Å². The number of hydrogen-bond acceptors (Lipinski definition) is 2. The van der Waals surface area contributed by atoms with Crippen LogP contribution in [0, 0.1) is 5.92 Å². The molecule has 2 atom stereocenters. The van der Waals surface area contributed by atoms with Gasteiger partial charge in [0.15, 0.2) is 0 Å². The van der Waals surface area contributed by atoms with E-state index in [0.717, 1.165) is 25.4 Å². The molecule has 0 spiro atoms. The first-order valence-electron chi connectivity index (χ1n) is 8.18. The van der Waals surface area contributed by atoms with Crippen molar-refractivity contribution in [3.63, 3.8) is 0 Å². The quantitative estimate of drug-likeness (QED) is 0.779. The minimum Gasteiger partial charge on any atom is -0.309 e. The third-order valence-corrected chi connectivity index (χ3v) is 4.71. The van der Waals surface area contributed by atoms with Crippen molar-refractivity contribution in [1.29, 1.82) is 0 Å². The molecule has 0 heterocycles. The molecule has 1 fully saturated rings. The second kappa shape index (κ2) is 7.24. The Hall–Kier alpha value is -0.860. The molecule has 0 aromatic heterocycles. The summed E-state index contributed by atoms with van der Waals surface area (Å²) >= 11 is 0. The van der Waals surface area contributed by atoms with E-state index in [-0.39, 0.29) is 0 Å². The molecule has 2 nitrogen and oxygen atoms in total. The first-order valence-corrected chi connectivity index (χ1v) is 8.18. The third-order valence-electron chi connectivity index (χ3n) is 4.71. The van der Waals surface area contributed by atoms with Gasteiger partial charge in [0.25, 0.3) is 0 Å². The molecule has 112 valence electrons. The number of aryl methyl sites for hydroxylation is 1. The molecule has 1 aromatic rings. The number of hydrogen-bond donors (Lipinski definition) is 1. The molecule has 2 heteroatoms. The van der Waals surface area contributed by atoms with Crippen LogP contribution in [0.2, 0.25) is 0 Å². The predicted octanol–water partition coefficient (Wildman–Crippen LogP) is 3.63. The second-order valence-corrected chi connectivity index (χ2v) is 6.22. The summed E-state index contributed by atoms with van der Waals surface area (Å²) in [6, 6.07) is 10.3. The average Bonchev–Trinajstić information content (AvgIpc) is 3.30. The van der Waals surface area contributed by atoms with Crippen molar-refractivity contribution in [3.05, 3.63) is 35.4 Å².